The number of hydrogen-bond donors (Lipinski definition) is 1. The number of nitrogens with zero attached hydrogens (tertiary/aromatic N) is 2. The average molecular weight is 383 g/mol. The van der Waals surface area contributed by atoms with Crippen LogP contribution in [0.1, 0.15) is 21.4 Å². The predicted molar refractivity (Wildman–Crippen MR) is 104 cm³/mol. The van der Waals surface area contributed by atoms with Crippen molar-refractivity contribution in [3.05, 3.63) is 64.5 Å². The van der Waals surface area contributed by atoms with E-state index in [1.807, 2.05) is 36.4 Å². The molecule has 1 aromatic carbocycles. The quantitative estimate of drug-likeness (QED) is 0.708. The minimum atomic E-state index is -0.226. The Labute approximate surface area is 161 Å². The van der Waals surface area contributed by atoms with E-state index in [-0.39, 0.29) is 11.9 Å². The Kier molecular flexibility index (Phi) is 5.62. The fraction of sp³-hybridized carbons (Fsp3) is 0.300. The van der Waals surface area contributed by atoms with E-state index < -0.39 is 0 Å². The Hall–Kier alpha value is -2.48. The molecule has 140 valence electrons. The maximum atomic E-state index is 12.6. The van der Waals surface area contributed by atoms with Gasteiger partial charge in [0.05, 0.1) is 19.3 Å². The number of thiophene rings is 1. The Balaban J connectivity index is 1.43. The van der Waals surface area contributed by atoms with Crippen LogP contribution in [0, 0.1) is 0 Å². The minimum Gasteiger partial charge on any atom is -0.379 e. The highest BCUT2D eigenvalue weighted by Crippen LogP contribution is 2.25. The molecule has 1 saturated heterocycles. The summed E-state index contributed by atoms with van der Waals surface area (Å²) >= 11 is 1.71. The topological polar surface area (TPSA) is 67.6 Å². The van der Waals surface area contributed by atoms with Crippen LogP contribution in [0.5, 0.6) is 0 Å². The molecule has 4 rings (SSSR count). The highest BCUT2D eigenvalue weighted by molar-refractivity contribution is 7.10. The zero-order valence-corrected chi connectivity index (χ0v) is 15.7. The molecular formula is C20H21N3O3S. The predicted octanol–water partition coefficient (Wildman–Crippen LogP) is 3.21. The van der Waals surface area contributed by atoms with Gasteiger partial charge in [-0.15, -0.1) is 11.3 Å². The number of nitrogens with one attached hydrogen (secondary N) is 1. The Bertz CT molecular complexity index is 858. The molecule has 1 aliphatic heterocycles. The number of carbonyl (C=O) groups excluding carboxylic acids is 1. The van der Waals surface area contributed by atoms with E-state index in [0.29, 0.717) is 18.0 Å². The zero-order valence-electron chi connectivity index (χ0n) is 14.8. The van der Waals surface area contributed by atoms with Gasteiger partial charge >= 0.3 is 0 Å². The highest BCUT2D eigenvalue weighted by Gasteiger charge is 2.24. The summed E-state index contributed by atoms with van der Waals surface area (Å²) in [5.41, 5.74) is 1.19. The Morgan fingerprint density at radius 1 is 1.19 bits per heavy atom. The summed E-state index contributed by atoms with van der Waals surface area (Å²) < 4.78 is 10.8. The van der Waals surface area contributed by atoms with Crippen molar-refractivity contribution in [2.75, 3.05) is 32.8 Å². The van der Waals surface area contributed by atoms with Crippen LogP contribution in [-0.2, 0) is 4.74 Å². The molecule has 0 bridgehead atoms. The summed E-state index contributed by atoms with van der Waals surface area (Å²) in [6, 6.07) is 15.6. The van der Waals surface area contributed by atoms with Gasteiger partial charge in [-0.1, -0.05) is 41.6 Å². The van der Waals surface area contributed by atoms with Crippen molar-refractivity contribution in [3.63, 3.8) is 0 Å². The first kappa shape index (κ1) is 17.9. The van der Waals surface area contributed by atoms with Crippen LogP contribution in [0.25, 0.3) is 11.3 Å². The number of carbonyl (C=O) groups is 1. The summed E-state index contributed by atoms with van der Waals surface area (Å²) in [6.07, 6.45) is 0. The van der Waals surface area contributed by atoms with Gasteiger partial charge in [0.15, 0.2) is 11.5 Å². The van der Waals surface area contributed by atoms with Gasteiger partial charge in [0.25, 0.3) is 5.91 Å². The molecule has 0 aliphatic carbocycles. The largest absolute Gasteiger partial charge is 0.379 e. The van der Waals surface area contributed by atoms with Crippen molar-refractivity contribution in [2.24, 2.45) is 0 Å². The molecule has 0 saturated carbocycles. The highest BCUT2D eigenvalue weighted by atomic mass is 32.1. The van der Waals surface area contributed by atoms with Gasteiger partial charge in [-0.2, -0.15) is 0 Å². The smallest absolute Gasteiger partial charge is 0.273 e. The molecule has 0 unspecified atom stereocenters. The van der Waals surface area contributed by atoms with Crippen molar-refractivity contribution in [1.82, 2.24) is 15.4 Å². The number of benzene rings is 1. The third-order valence-electron chi connectivity index (χ3n) is 4.62. The lowest BCUT2D eigenvalue weighted by molar-refractivity contribution is 0.0169. The van der Waals surface area contributed by atoms with E-state index >= 15 is 0 Å². The second-order valence-corrected chi connectivity index (χ2v) is 7.31. The van der Waals surface area contributed by atoms with E-state index in [1.165, 1.54) is 4.88 Å². The third-order valence-corrected chi connectivity index (χ3v) is 5.59. The van der Waals surface area contributed by atoms with Gasteiger partial charge in [-0.05, 0) is 11.4 Å². The van der Waals surface area contributed by atoms with Gasteiger partial charge in [0, 0.05) is 36.1 Å². The second-order valence-electron chi connectivity index (χ2n) is 6.33. The van der Waals surface area contributed by atoms with Crippen LogP contribution in [0.2, 0.25) is 0 Å². The Morgan fingerprint density at radius 3 is 2.74 bits per heavy atom. The van der Waals surface area contributed by atoms with Crippen molar-refractivity contribution in [1.29, 1.82) is 0 Å². The van der Waals surface area contributed by atoms with Crippen LogP contribution < -0.4 is 5.32 Å². The molecule has 1 fully saturated rings. The van der Waals surface area contributed by atoms with E-state index in [1.54, 1.807) is 17.4 Å². The molecule has 2 aromatic heterocycles. The maximum absolute atomic E-state index is 12.6. The van der Waals surface area contributed by atoms with E-state index in [4.69, 9.17) is 9.26 Å². The molecule has 7 heteroatoms. The minimum absolute atomic E-state index is 0.137. The number of aromatic nitrogens is 1. The molecular weight excluding hydrogens is 362 g/mol. The summed E-state index contributed by atoms with van der Waals surface area (Å²) in [5, 5.41) is 9.00. The molecule has 1 aliphatic rings. The zero-order chi connectivity index (χ0) is 18.5. The van der Waals surface area contributed by atoms with Gasteiger partial charge in [0.1, 0.15) is 0 Å². The van der Waals surface area contributed by atoms with Crippen LogP contribution in [0.15, 0.2) is 58.4 Å². The second kappa shape index (κ2) is 8.47. The van der Waals surface area contributed by atoms with Crippen molar-refractivity contribution in [2.45, 2.75) is 6.04 Å². The molecule has 0 radical (unpaired) electrons. The molecule has 1 atom stereocenters. The molecule has 3 aromatic rings. The summed E-state index contributed by atoms with van der Waals surface area (Å²) in [4.78, 5) is 16.2. The summed E-state index contributed by atoms with van der Waals surface area (Å²) in [6.45, 7) is 3.69. The molecule has 6 nitrogen and oxygen atoms in total. The number of ether oxygens (including phenoxy) is 1. The number of hydrogen-bond acceptors (Lipinski definition) is 6. The lowest BCUT2D eigenvalue weighted by Crippen LogP contribution is -2.43. The van der Waals surface area contributed by atoms with Crippen LogP contribution in [-0.4, -0.2) is 48.8 Å². The first-order valence-corrected chi connectivity index (χ1v) is 9.85. The van der Waals surface area contributed by atoms with Gasteiger partial charge in [0.2, 0.25) is 0 Å². The molecule has 1 N–H and O–H groups in total. The Morgan fingerprint density at radius 2 is 2.00 bits per heavy atom. The fourth-order valence-electron chi connectivity index (χ4n) is 3.18. The third kappa shape index (κ3) is 4.27. The van der Waals surface area contributed by atoms with Crippen LogP contribution >= 0.6 is 11.3 Å². The number of morpholine rings is 1. The van der Waals surface area contributed by atoms with Gasteiger partial charge < -0.3 is 14.6 Å². The van der Waals surface area contributed by atoms with Crippen molar-refractivity contribution in [3.8, 4) is 11.3 Å². The molecule has 0 spiro atoms. The van der Waals surface area contributed by atoms with Crippen molar-refractivity contribution >= 4 is 17.2 Å². The lowest BCUT2D eigenvalue weighted by Gasteiger charge is -2.34. The molecule has 1 amide bonds. The number of rotatable bonds is 6. The summed E-state index contributed by atoms with van der Waals surface area (Å²) in [7, 11) is 0. The SMILES string of the molecule is O=C(NC[C@H](c1cccs1)N1CCOCC1)c1cc(-c2ccccc2)on1. The summed E-state index contributed by atoms with van der Waals surface area (Å²) in [5.74, 6) is 0.361. The van der Waals surface area contributed by atoms with E-state index in [9.17, 15) is 4.79 Å². The van der Waals surface area contributed by atoms with Crippen molar-refractivity contribution < 1.29 is 14.1 Å². The number of amides is 1. The first-order valence-electron chi connectivity index (χ1n) is 8.97. The fourth-order valence-corrected chi connectivity index (χ4v) is 4.04. The van der Waals surface area contributed by atoms with Gasteiger partial charge in [-0.25, -0.2) is 0 Å². The average Bonchev–Trinajstić information content (AvgIpc) is 3.42. The van der Waals surface area contributed by atoms with E-state index in [2.05, 4.69) is 26.8 Å². The van der Waals surface area contributed by atoms with E-state index in [0.717, 1.165) is 31.9 Å². The lowest BCUT2D eigenvalue weighted by atomic mass is 10.1. The normalized spacial score (nSPS) is 16.1. The standard InChI is InChI=1S/C20H21N3O3S/c24-20(16-13-18(26-22-16)15-5-2-1-3-6-15)21-14-17(19-7-4-12-27-19)23-8-10-25-11-9-23/h1-7,12-13,17H,8-11,14H2,(H,21,24)/t17-/m1/s1. The van der Waals surface area contributed by atoms with Crippen LogP contribution in [0.4, 0.5) is 0 Å². The molecule has 27 heavy (non-hydrogen) atoms. The van der Waals surface area contributed by atoms with Gasteiger partial charge in [-0.3, -0.25) is 9.69 Å². The maximum Gasteiger partial charge on any atom is 0.273 e. The monoisotopic (exact) mass is 383 g/mol. The molecule has 3 heterocycles. The van der Waals surface area contributed by atoms with Crippen LogP contribution in [0.3, 0.4) is 0 Å². The first-order chi connectivity index (χ1) is 13.3.